The van der Waals surface area contributed by atoms with Crippen LogP contribution in [0.3, 0.4) is 0 Å². The molecule has 0 aliphatic carbocycles. The van der Waals surface area contributed by atoms with Gasteiger partial charge in [-0.25, -0.2) is 4.79 Å². The molecular formula is C20H36N6O8. The lowest BCUT2D eigenvalue weighted by Gasteiger charge is -2.26. The van der Waals surface area contributed by atoms with Crippen LogP contribution in [-0.4, -0.2) is 82.5 Å². The highest BCUT2D eigenvalue weighted by Gasteiger charge is 2.32. The molecule has 0 aliphatic rings. The molecule has 0 spiro atoms. The van der Waals surface area contributed by atoms with Gasteiger partial charge in [-0.15, -0.1) is 0 Å². The van der Waals surface area contributed by atoms with Gasteiger partial charge in [0.1, 0.15) is 18.1 Å². The van der Waals surface area contributed by atoms with Crippen LogP contribution in [0.15, 0.2) is 0 Å². The van der Waals surface area contributed by atoms with Crippen molar-refractivity contribution in [2.75, 3.05) is 6.54 Å². The fraction of sp³-hybridized carbons (Fsp3) is 0.700. The number of aliphatic hydroxyl groups is 1. The van der Waals surface area contributed by atoms with E-state index >= 15 is 0 Å². The van der Waals surface area contributed by atoms with Crippen molar-refractivity contribution in [3.05, 3.63) is 0 Å². The molecule has 0 radical (unpaired) electrons. The first-order valence-electron chi connectivity index (χ1n) is 10.7. The number of hydrogen-bond acceptors (Lipinski definition) is 8. The van der Waals surface area contributed by atoms with Crippen molar-refractivity contribution in [3.63, 3.8) is 0 Å². The van der Waals surface area contributed by atoms with E-state index in [2.05, 4.69) is 21.3 Å². The molecule has 0 aliphatic heterocycles. The van der Waals surface area contributed by atoms with Crippen LogP contribution >= 0.6 is 0 Å². The van der Waals surface area contributed by atoms with Gasteiger partial charge in [0.15, 0.2) is 0 Å². The molecule has 0 aromatic heterocycles. The average molecular weight is 489 g/mol. The SMILES string of the molecule is CC(C)C(N)C(=O)NC(C(=O)NC(CC(N)=O)C(=O)NCC(=O)NC(C(=O)O)C(C)C)C(C)O. The first kappa shape index (κ1) is 30.7. The summed E-state index contributed by atoms with van der Waals surface area (Å²) in [6.07, 6.45) is -2.02. The summed E-state index contributed by atoms with van der Waals surface area (Å²) in [5.74, 6) is -6.35. The lowest BCUT2D eigenvalue weighted by molar-refractivity contribution is -0.143. The number of carboxylic acid groups (broad SMARTS) is 1. The van der Waals surface area contributed by atoms with Gasteiger partial charge in [0.05, 0.1) is 25.1 Å². The Morgan fingerprint density at radius 3 is 1.76 bits per heavy atom. The highest BCUT2D eigenvalue weighted by Crippen LogP contribution is 2.03. The predicted octanol–water partition coefficient (Wildman–Crippen LogP) is -3.46. The van der Waals surface area contributed by atoms with Gasteiger partial charge in [0.25, 0.3) is 0 Å². The van der Waals surface area contributed by atoms with Gasteiger partial charge in [0, 0.05) is 0 Å². The molecule has 0 saturated heterocycles. The Kier molecular flexibility index (Phi) is 12.7. The third kappa shape index (κ3) is 10.6. The summed E-state index contributed by atoms with van der Waals surface area (Å²) in [4.78, 5) is 71.9. The molecule has 0 aromatic carbocycles. The summed E-state index contributed by atoms with van der Waals surface area (Å²) in [7, 11) is 0. The number of carboxylic acids is 1. The molecule has 14 nitrogen and oxygen atoms in total. The van der Waals surface area contributed by atoms with Crippen LogP contribution in [0.2, 0.25) is 0 Å². The van der Waals surface area contributed by atoms with Crippen LogP contribution in [-0.2, 0) is 28.8 Å². The Bertz CT molecular complexity index is 770. The van der Waals surface area contributed by atoms with E-state index in [0.29, 0.717) is 0 Å². The first-order valence-corrected chi connectivity index (χ1v) is 10.7. The Morgan fingerprint density at radius 2 is 1.35 bits per heavy atom. The maximum absolute atomic E-state index is 12.6. The highest BCUT2D eigenvalue weighted by molar-refractivity contribution is 5.96. The van der Waals surface area contributed by atoms with E-state index < -0.39 is 84.7 Å². The molecule has 10 N–H and O–H groups in total. The van der Waals surface area contributed by atoms with Crippen LogP contribution in [0.5, 0.6) is 0 Å². The number of nitrogens with two attached hydrogens (primary N) is 2. The topological polar surface area (TPSA) is 243 Å². The second-order valence-corrected chi connectivity index (χ2v) is 8.57. The summed E-state index contributed by atoms with van der Waals surface area (Å²) in [6.45, 7) is 7.13. The Morgan fingerprint density at radius 1 is 0.794 bits per heavy atom. The number of primary amides is 1. The molecule has 0 rings (SSSR count). The highest BCUT2D eigenvalue weighted by atomic mass is 16.4. The molecule has 0 heterocycles. The van der Waals surface area contributed by atoms with Gasteiger partial charge in [0.2, 0.25) is 29.5 Å². The molecule has 14 heteroatoms. The predicted molar refractivity (Wildman–Crippen MR) is 120 cm³/mol. The third-order valence-corrected chi connectivity index (χ3v) is 4.79. The average Bonchev–Trinajstić information content (AvgIpc) is 2.71. The van der Waals surface area contributed by atoms with E-state index in [-0.39, 0.29) is 5.92 Å². The number of aliphatic hydroxyl groups excluding tert-OH is 1. The van der Waals surface area contributed by atoms with E-state index in [4.69, 9.17) is 16.6 Å². The Balaban J connectivity index is 5.28. The van der Waals surface area contributed by atoms with E-state index in [9.17, 15) is 33.9 Å². The van der Waals surface area contributed by atoms with Crippen LogP contribution in [0.25, 0.3) is 0 Å². The first-order chi connectivity index (χ1) is 15.6. The minimum atomic E-state index is -1.53. The maximum atomic E-state index is 12.6. The van der Waals surface area contributed by atoms with Gasteiger partial charge in [-0.05, 0) is 18.8 Å². The fourth-order valence-corrected chi connectivity index (χ4v) is 2.66. The number of carbonyl (C=O) groups excluding carboxylic acids is 5. The van der Waals surface area contributed by atoms with Gasteiger partial charge in [-0.1, -0.05) is 27.7 Å². The molecule has 5 unspecified atom stereocenters. The monoisotopic (exact) mass is 488 g/mol. The summed E-state index contributed by atoms with van der Waals surface area (Å²) in [6, 6.07) is -5.17. The zero-order valence-electron chi connectivity index (χ0n) is 20.0. The number of nitrogens with one attached hydrogen (secondary N) is 4. The summed E-state index contributed by atoms with van der Waals surface area (Å²) >= 11 is 0. The lowest BCUT2D eigenvalue weighted by Crippen LogP contribution is -2.60. The van der Waals surface area contributed by atoms with Crippen LogP contribution < -0.4 is 32.7 Å². The molecule has 0 aromatic rings. The van der Waals surface area contributed by atoms with Gasteiger partial charge in [-0.3, -0.25) is 24.0 Å². The molecular weight excluding hydrogens is 452 g/mol. The number of aliphatic carboxylic acids is 1. The number of amides is 5. The van der Waals surface area contributed by atoms with Crippen molar-refractivity contribution in [3.8, 4) is 0 Å². The zero-order valence-corrected chi connectivity index (χ0v) is 20.0. The Hall–Kier alpha value is -3.26. The molecule has 0 fully saturated rings. The minimum absolute atomic E-state index is 0.256. The van der Waals surface area contributed by atoms with Crippen LogP contribution in [0, 0.1) is 11.8 Å². The van der Waals surface area contributed by atoms with Crippen molar-refractivity contribution in [1.29, 1.82) is 0 Å². The van der Waals surface area contributed by atoms with Gasteiger partial charge < -0.3 is 42.9 Å². The van der Waals surface area contributed by atoms with Gasteiger partial charge in [-0.2, -0.15) is 0 Å². The minimum Gasteiger partial charge on any atom is -0.480 e. The van der Waals surface area contributed by atoms with E-state index in [1.807, 2.05) is 0 Å². The molecule has 0 saturated carbocycles. The number of rotatable bonds is 14. The van der Waals surface area contributed by atoms with Crippen molar-refractivity contribution in [2.45, 2.75) is 71.3 Å². The van der Waals surface area contributed by atoms with E-state index in [0.717, 1.165) is 0 Å². The third-order valence-electron chi connectivity index (χ3n) is 4.79. The van der Waals surface area contributed by atoms with Crippen molar-refractivity contribution in [1.82, 2.24) is 21.3 Å². The van der Waals surface area contributed by atoms with E-state index in [1.54, 1.807) is 27.7 Å². The van der Waals surface area contributed by atoms with Crippen LogP contribution in [0.4, 0.5) is 0 Å². The second-order valence-electron chi connectivity index (χ2n) is 8.57. The van der Waals surface area contributed by atoms with Crippen LogP contribution in [0.1, 0.15) is 41.0 Å². The molecule has 34 heavy (non-hydrogen) atoms. The normalized spacial score (nSPS) is 15.4. The molecule has 194 valence electrons. The number of hydrogen-bond donors (Lipinski definition) is 8. The van der Waals surface area contributed by atoms with Gasteiger partial charge >= 0.3 is 5.97 Å². The molecule has 5 amide bonds. The molecule has 5 atom stereocenters. The lowest BCUT2D eigenvalue weighted by atomic mass is 10.0. The zero-order chi connectivity index (χ0) is 26.7. The largest absolute Gasteiger partial charge is 0.480 e. The van der Waals surface area contributed by atoms with Crippen molar-refractivity contribution < 1.29 is 39.0 Å². The number of carbonyl (C=O) groups is 6. The van der Waals surface area contributed by atoms with Crippen molar-refractivity contribution in [2.24, 2.45) is 23.3 Å². The summed E-state index contributed by atoms with van der Waals surface area (Å²) < 4.78 is 0. The quantitative estimate of drug-likeness (QED) is 0.121. The summed E-state index contributed by atoms with van der Waals surface area (Å²) in [5, 5.41) is 28.0. The summed E-state index contributed by atoms with van der Waals surface area (Å²) in [5.41, 5.74) is 10.9. The maximum Gasteiger partial charge on any atom is 0.326 e. The molecule has 0 bridgehead atoms. The van der Waals surface area contributed by atoms with E-state index in [1.165, 1.54) is 6.92 Å². The smallest absolute Gasteiger partial charge is 0.326 e. The van der Waals surface area contributed by atoms with Crippen molar-refractivity contribution >= 4 is 35.5 Å². The fourth-order valence-electron chi connectivity index (χ4n) is 2.66. The second kappa shape index (κ2) is 14.1. The standard InChI is InChI=1S/C20H36N6O8/c1-8(2)14(22)18(31)26-16(10(5)27)19(32)24-11(6-12(21)28)17(30)23-7-13(29)25-15(9(3)4)20(33)34/h8-11,14-16,27H,6-7,22H2,1-5H3,(H2,21,28)(H,23,30)(H,24,32)(H,25,29)(H,26,31)(H,33,34). The Labute approximate surface area is 197 Å².